The third-order valence-corrected chi connectivity index (χ3v) is 3.85. The van der Waals surface area contributed by atoms with E-state index in [4.69, 9.17) is 5.73 Å². The minimum absolute atomic E-state index is 0.0181. The number of thiophene rings is 1. The first-order chi connectivity index (χ1) is 6.56. The average molecular weight is 230 g/mol. The van der Waals surface area contributed by atoms with Crippen molar-refractivity contribution >= 4 is 34.7 Å². The van der Waals surface area contributed by atoms with Crippen LogP contribution in [0.3, 0.4) is 0 Å². The summed E-state index contributed by atoms with van der Waals surface area (Å²) in [6.07, 6.45) is 0. The van der Waals surface area contributed by atoms with Gasteiger partial charge >= 0.3 is 0 Å². The molecule has 1 rings (SSSR count). The van der Waals surface area contributed by atoms with Crippen LogP contribution < -0.4 is 5.73 Å². The quantitative estimate of drug-likeness (QED) is 0.809. The first kappa shape index (κ1) is 11.4. The number of thioether (sulfide) groups is 1. The molecule has 0 bridgehead atoms. The van der Waals surface area contributed by atoms with E-state index in [1.54, 1.807) is 30.8 Å². The van der Waals surface area contributed by atoms with Gasteiger partial charge in [-0.3, -0.25) is 4.79 Å². The molecule has 0 aliphatic heterocycles. The molecule has 2 N–H and O–H groups in total. The minimum atomic E-state index is -0.0181. The van der Waals surface area contributed by atoms with E-state index in [1.165, 1.54) is 11.3 Å². The molecule has 1 amide bonds. The van der Waals surface area contributed by atoms with Crippen LogP contribution in [-0.4, -0.2) is 30.7 Å². The fourth-order valence-corrected chi connectivity index (χ4v) is 3.13. The lowest BCUT2D eigenvalue weighted by atomic mass is 10.4. The van der Waals surface area contributed by atoms with E-state index in [-0.39, 0.29) is 5.91 Å². The molecular weight excluding hydrogens is 216 g/mol. The van der Waals surface area contributed by atoms with E-state index in [0.717, 1.165) is 9.96 Å². The van der Waals surface area contributed by atoms with Crippen molar-refractivity contribution in [2.45, 2.75) is 11.1 Å². The lowest BCUT2D eigenvalue weighted by molar-refractivity contribution is 0.0833. The van der Waals surface area contributed by atoms with Gasteiger partial charge in [-0.1, -0.05) is 6.92 Å². The van der Waals surface area contributed by atoms with E-state index < -0.39 is 0 Å². The number of hydrogen-bond donors (Lipinski definition) is 1. The molecule has 0 aromatic carbocycles. The summed E-state index contributed by atoms with van der Waals surface area (Å²) in [4.78, 5) is 13.8. The van der Waals surface area contributed by atoms with E-state index in [9.17, 15) is 4.79 Å². The molecule has 1 heterocycles. The van der Waals surface area contributed by atoms with Crippen LogP contribution in [0.15, 0.2) is 10.3 Å². The number of nitrogen functional groups attached to an aromatic ring is 1. The number of amides is 1. The molecule has 0 saturated heterocycles. The molecule has 3 nitrogen and oxygen atoms in total. The predicted octanol–water partition coefficient (Wildman–Crippen LogP) is 2.14. The minimum Gasteiger partial charge on any atom is -0.397 e. The Balaban J connectivity index is 2.92. The zero-order valence-corrected chi connectivity index (χ0v) is 10.2. The first-order valence-electron chi connectivity index (χ1n) is 4.30. The van der Waals surface area contributed by atoms with Gasteiger partial charge < -0.3 is 10.6 Å². The van der Waals surface area contributed by atoms with Crippen molar-refractivity contribution in [1.82, 2.24) is 4.90 Å². The number of carbonyl (C=O) groups is 1. The van der Waals surface area contributed by atoms with Crippen molar-refractivity contribution in [2.75, 3.05) is 25.6 Å². The summed E-state index contributed by atoms with van der Waals surface area (Å²) in [7, 11) is 3.46. The van der Waals surface area contributed by atoms with Gasteiger partial charge in [-0.15, -0.1) is 23.1 Å². The van der Waals surface area contributed by atoms with Crippen LogP contribution in [0.2, 0.25) is 0 Å². The van der Waals surface area contributed by atoms with Gasteiger partial charge in [0.05, 0.1) is 9.90 Å². The molecule has 0 fully saturated rings. The summed E-state index contributed by atoms with van der Waals surface area (Å²) in [5.41, 5.74) is 6.35. The van der Waals surface area contributed by atoms with Crippen LogP contribution in [0.5, 0.6) is 0 Å². The van der Waals surface area contributed by atoms with Gasteiger partial charge in [0.15, 0.2) is 0 Å². The van der Waals surface area contributed by atoms with Crippen molar-refractivity contribution in [1.29, 1.82) is 0 Å². The second-order valence-corrected chi connectivity index (χ2v) is 5.60. The Morgan fingerprint density at radius 3 is 2.79 bits per heavy atom. The highest BCUT2D eigenvalue weighted by atomic mass is 32.2. The number of rotatable bonds is 3. The molecule has 0 aliphatic rings. The fourth-order valence-electron chi connectivity index (χ4n) is 0.965. The summed E-state index contributed by atoms with van der Waals surface area (Å²) in [6.45, 7) is 2.08. The molecule has 1 aromatic rings. The Labute approximate surface area is 92.3 Å². The number of anilines is 1. The van der Waals surface area contributed by atoms with Gasteiger partial charge in [0.1, 0.15) is 4.88 Å². The Morgan fingerprint density at radius 2 is 2.29 bits per heavy atom. The normalized spacial score (nSPS) is 10.2. The fraction of sp³-hybridized carbons (Fsp3) is 0.444. The summed E-state index contributed by atoms with van der Waals surface area (Å²) in [5, 5.41) is 0. The Kier molecular flexibility index (Phi) is 3.83. The number of carbonyl (C=O) groups excluding carboxylic acids is 1. The third kappa shape index (κ3) is 2.42. The number of hydrogen-bond acceptors (Lipinski definition) is 4. The SMILES string of the molecule is CCSc1cc(N)c(C(=O)N(C)C)s1. The van der Waals surface area contributed by atoms with Gasteiger partial charge in [0.25, 0.3) is 5.91 Å². The first-order valence-corrected chi connectivity index (χ1v) is 6.10. The summed E-state index contributed by atoms with van der Waals surface area (Å²) >= 11 is 3.17. The summed E-state index contributed by atoms with van der Waals surface area (Å²) in [5.74, 6) is 0.977. The molecule has 0 aliphatic carbocycles. The smallest absolute Gasteiger partial charge is 0.265 e. The highest BCUT2D eigenvalue weighted by molar-refractivity contribution is 8.01. The molecule has 14 heavy (non-hydrogen) atoms. The van der Waals surface area contributed by atoms with Crippen molar-refractivity contribution < 1.29 is 4.79 Å². The van der Waals surface area contributed by atoms with Gasteiger partial charge in [-0.05, 0) is 11.8 Å². The Hall–Kier alpha value is -0.680. The highest BCUT2D eigenvalue weighted by Gasteiger charge is 2.15. The van der Waals surface area contributed by atoms with Gasteiger partial charge in [0.2, 0.25) is 0 Å². The van der Waals surface area contributed by atoms with Gasteiger partial charge in [-0.2, -0.15) is 0 Å². The van der Waals surface area contributed by atoms with Crippen molar-refractivity contribution in [3.8, 4) is 0 Å². The number of nitrogens with two attached hydrogens (primary N) is 1. The van der Waals surface area contributed by atoms with E-state index in [1.807, 2.05) is 6.07 Å². The van der Waals surface area contributed by atoms with Gasteiger partial charge in [0, 0.05) is 14.1 Å². The number of nitrogens with zero attached hydrogens (tertiary/aromatic N) is 1. The lowest BCUT2D eigenvalue weighted by Gasteiger charge is -2.08. The van der Waals surface area contributed by atoms with E-state index >= 15 is 0 Å². The molecule has 5 heteroatoms. The summed E-state index contributed by atoms with van der Waals surface area (Å²) < 4.78 is 1.11. The van der Waals surface area contributed by atoms with Crippen LogP contribution in [-0.2, 0) is 0 Å². The van der Waals surface area contributed by atoms with Crippen LogP contribution in [0.4, 0.5) is 5.69 Å². The lowest BCUT2D eigenvalue weighted by Crippen LogP contribution is -2.21. The highest BCUT2D eigenvalue weighted by Crippen LogP contribution is 2.32. The van der Waals surface area contributed by atoms with Crippen LogP contribution in [0.1, 0.15) is 16.6 Å². The zero-order chi connectivity index (χ0) is 10.7. The molecule has 0 spiro atoms. The summed E-state index contributed by atoms with van der Waals surface area (Å²) in [6, 6.07) is 1.87. The maximum Gasteiger partial charge on any atom is 0.265 e. The molecular formula is C9H14N2OS2. The van der Waals surface area contributed by atoms with Crippen molar-refractivity contribution in [3.05, 3.63) is 10.9 Å². The van der Waals surface area contributed by atoms with Crippen molar-refractivity contribution in [3.63, 3.8) is 0 Å². The van der Waals surface area contributed by atoms with Gasteiger partial charge in [-0.25, -0.2) is 0 Å². The largest absolute Gasteiger partial charge is 0.397 e. The maximum atomic E-state index is 11.6. The topological polar surface area (TPSA) is 46.3 Å². The predicted molar refractivity (Wildman–Crippen MR) is 63.1 cm³/mol. The Bertz CT molecular complexity index is 334. The second-order valence-electron chi connectivity index (χ2n) is 2.98. The molecule has 0 unspecified atom stereocenters. The van der Waals surface area contributed by atoms with Crippen molar-refractivity contribution in [2.24, 2.45) is 0 Å². The average Bonchev–Trinajstić information content (AvgIpc) is 2.46. The standard InChI is InChI=1S/C9H14N2OS2/c1-4-13-7-5-6(10)8(14-7)9(12)11(2)3/h5H,4,10H2,1-3H3. The second kappa shape index (κ2) is 4.70. The van der Waals surface area contributed by atoms with E-state index in [2.05, 4.69) is 6.92 Å². The van der Waals surface area contributed by atoms with Crippen LogP contribution >= 0.6 is 23.1 Å². The van der Waals surface area contributed by atoms with Crippen LogP contribution in [0, 0.1) is 0 Å². The Morgan fingerprint density at radius 1 is 1.64 bits per heavy atom. The monoisotopic (exact) mass is 230 g/mol. The third-order valence-electron chi connectivity index (χ3n) is 1.63. The molecule has 0 radical (unpaired) electrons. The maximum absolute atomic E-state index is 11.6. The molecule has 1 aromatic heterocycles. The zero-order valence-electron chi connectivity index (χ0n) is 8.53. The molecule has 78 valence electrons. The van der Waals surface area contributed by atoms with E-state index in [0.29, 0.717) is 10.6 Å². The molecule has 0 atom stereocenters. The molecule has 0 saturated carbocycles. The van der Waals surface area contributed by atoms with Crippen LogP contribution in [0.25, 0.3) is 0 Å².